The summed E-state index contributed by atoms with van der Waals surface area (Å²) < 4.78 is 5.12. The molecule has 0 bridgehead atoms. The number of carbonyl (C=O) groups excluding carboxylic acids is 1. The zero-order chi connectivity index (χ0) is 16.6. The van der Waals surface area contributed by atoms with Crippen LogP contribution in [-0.2, 0) is 0 Å². The molecule has 3 rings (SSSR count). The van der Waals surface area contributed by atoms with Gasteiger partial charge in [0.25, 0.3) is 5.91 Å². The van der Waals surface area contributed by atoms with Crippen molar-refractivity contribution in [3.8, 4) is 0 Å². The summed E-state index contributed by atoms with van der Waals surface area (Å²) in [6.45, 7) is 11.0. The highest BCUT2D eigenvalue weighted by Gasteiger charge is 2.27. The molecule has 0 radical (unpaired) electrons. The normalized spacial score (nSPS) is 15.1. The quantitative estimate of drug-likeness (QED) is 0.855. The molecule has 0 N–H and O–H groups in total. The molecule has 1 aliphatic heterocycles. The molecule has 0 atom stereocenters. The Hall–Kier alpha value is -2.30. The molecule has 1 fully saturated rings. The van der Waals surface area contributed by atoms with E-state index in [2.05, 4.69) is 42.1 Å². The number of hydrogen-bond donors (Lipinski definition) is 0. The van der Waals surface area contributed by atoms with Crippen LogP contribution in [0.15, 0.2) is 22.7 Å². The Bertz CT molecular complexity index is 708. The van der Waals surface area contributed by atoms with Gasteiger partial charge >= 0.3 is 0 Å². The summed E-state index contributed by atoms with van der Waals surface area (Å²) in [5.74, 6) is 0.631. The monoisotopic (exact) mass is 313 g/mol. The van der Waals surface area contributed by atoms with E-state index in [9.17, 15) is 4.79 Å². The maximum Gasteiger partial charge on any atom is 0.259 e. The zero-order valence-electron chi connectivity index (χ0n) is 14.2. The average Bonchev–Trinajstić information content (AvgIpc) is 2.88. The van der Waals surface area contributed by atoms with Crippen LogP contribution in [0.1, 0.15) is 32.9 Å². The third kappa shape index (κ3) is 2.83. The minimum Gasteiger partial charge on any atom is -0.368 e. The van der Waals surface area contributed by atoms with Crippen LogP contribution in [-0.4, -0.2) is 42.1 Å². The molecular weight excluding hydrogens is 290 g/mol. The fraction of sp³-hybridized carbons (Fsp3) is 0.444. The number of aromatic nitrogens is 1. The van der Waals surface area contributed by atoms with Crippen LogP contribution in [0.3, 0.4) is 0 Å². The van der Waals surface area contributed by atoms with Crippen molar-refractivity contribution < 1.29 is 9.32 Å². The lowest BCUT2D eigenvalue weighted by molar-refractivity contribution is 0.0744. The number of nitrogens with zero attached hydrogens (tertiary/aromatic N) is 3. The summed E-state index contributed by atoms with van der Waals surface area (Å²) in [5.41, 5.74) is 5.18. The van der Waals surface area contributed by atoms with Crippen molar-refractivity contribution in [2.24, 2.45) is 0 Å². The molecule has 0 saturated carbocycles. The Kier molecular flexibility index (Phi) is 4.11. The number of piperazine rings is 1. The van der Waals surface area contributed by atoms with Gasteiger partial charge in [-0.05, 0) is 44.9 Å². The number of aryl methyl sites for hydroxylation is 3. The molecule has 2 heterocycles. The molecule has 1 aromatic carbocycles. The molecular formula is C18H23N3O2. The first-order valence-electron chi connectivity index (χ1n) is 8.02. The fourth-order valence-electron chi connectivity index (χ4n) is 3.18. The Morgan fingerprint density at radius 3 is 2.39 bits per heavy atom. The summed E-state index contributed by atoms with van der Waals surface area (Å²) in [6.07, 6.45) is 0. The van der Waals surface area contributed by atoms with Gasteiger partial charge in [-0.15, -0.1) is 0 Å². The second-order valence-corrected chi connectivity index (χ2v) is 6.20. The molecule has 1 aromatic heterocycles. The number of benzene rings is 1. The predicted molar refractivity (Wildman–Crippen MR) is 90.0 cm³/mol. The number of rotatable bonds is 2. The van der Waals surface area contributed by atoms with Crippen molar-refractivity contribution in [2.75, 3.05) is 31.1 Å². The number of anilines is 1. The number of carbonyl (C=O) groups is 1. The van der Waals surface area contributed by atoms with Crippen molar-refractivity contribution in [1.82, 2.24) is 10.1 Å². The van der Waals surface area contributed by atoms with Crippen LogP contribution in [0.5, 0.6) is 0 Å². The summed E-state index contributed by atoms with van der Waals surface area (Å²) >= 11 is 0. The van der Waals surface area contributed by atoms with Crippen molar-refractivity contribution in [3.63, 3.8) is 0 Å². The molecule has 1 amide bonds. The largest absolute Gasteiger partial charge is 0.368 e. The first-order chi connectivity index (χ1) is 11.0. The van der Waals surface area contributed by atoms with E-state index in [0.717, 1.165) is 26.2 Å². The van der Waals surface area contributed by atoms with Crippen LogP contribution in [0.25, 0.3) is 0 Å². The van der Waals surface area contributed by atoms with Crippen LogP contribution >= 0.6 is 0 Å². The Labute approximate surface area is 136 Å². The number of amides is 1. The Morgan fingerprint density at radius 2 is 1.78 bits per heavy atom. The molecule has 5 nitrogen and oxygen atoms in total. The molecule has 122 valence electrons. The van der Waals surface area contributed by atoms with Crippen molar-refractivity contribution in [3.05, 3.63) is 46.3 Å². The highest BCUT2D eigenvalue weighted by Crippen LogP contribution is 2.24. The fourth-order valence-corrected chi connectivity index (χ4v) is 3.18. The minimum absolute atomic E-state index is 0.0295. The van der Waals surface area contributed by atoms with Crippen molar-refractivity contribution in [1.29, 1.82) is 0 Å². The topological polar surface area (TPSA) is 49.6 Å². The minimum atomic E-state index is 0.0295. The summed E-state index contributed by atoms with van der Waals surface area (Å²) in [4.78, 5) is 16.9. The van der Waals surface area contributed by atoms with Gasteiger partial charge in [-0.25, -0.2) is 0 Å². The molecule has 5 heteroatoms. The Balaban J connectivity index is 1.71. The second-order valence-electron chi connectivity index (χ2n) is 6.20. The van der Waals surface area contributed by atoms with Gasteiger partial charge in [-0.2, -0.15) is 0 Å². The summed E-state index contributed by atoms with van der Waals surface area (Å²) in [5, 5.41) is 3.88. The molecule has 23 heavy (non-hydrogen) atoms. The van der Waals surface area contributed by atoms with Crippen molar-refractivity contribution >= 4 is 11.6 Å². The van der Waals surface area contributed by atoms with E-state index in [-0.39, 0.29) is 5.91 Å². The van der Waals surface area contributed by atoms with Gasteiger partial charge in [0.2, 0.25) is 0 Å². The lowest BCUT2D eigenvalue weighted by Gasteiger charge is -2.37. The van der Waals surface area contributed by atoms with Crippen LogP contribution < -0.4 is 4.90 Å². The maximum absolute atomic E-state index is 12.7. The third-order valence-electron chi connectivity index (χ3n) is 4.73. The maximum atomic E-state index is 12.7. The lowest BCUT2D eigenvalue weighted by atomic mass is 10.1. The zero-order valence-corrected chi connectivity index (χ0v) is 14.2. The first-order valence-corrected chi connectivity index (χ1v) is 8.02. The van der Waals surface area contributed by atoms with Gasteiger partial charge in [0.15, 0.2) is 0 Å². The molecule has 0 spiro atoms. The van der Waals surface area contributed by atoms with E-state index in [1.165, 1.54) is 16.8 Å². The van der Waals surface area contributed by atoms with E-state index < -0.39 is 0 Å². The smallest absolute Gasteiger partial charge is 0.259 e. The van der Waals surface area contributed by atoms with E-state index in [0.29, 0.717) is 17.0 Å². The van der Waals surface area contributed by atoms with Crippen LogP contribution in [0.2, 0.25) is 0 Å². The predicted octanol–water partition coefficient (Wildman–Crippen LogP) is 2.87. The third-order valence-corrected chi connectivity index (χ3v) is 4.73. The van der Waals surface area contributed by atoms with Crippen LogP contribution in [0, 0.1) is 27.7 Å². The van der Waals surface area contributed by atoms with Gasteiger partial charge in [-0.1, -0.05) is 17.3 Å². The summed E-state index contributed by atoms with van der Waals surface area (Å²) in [6, 6.07) is 6.39. The van der Waals surface area contributed by atoms with Crippen LogP contribution in [0.4, 0.5) is 5.69 Å². The molecule has 2 aromatic rings. The second kappa shape index (κ2) is 6.07. The number of hydrogen-bond acceptors (Lipinski definition) is 4. The van der Waals surface area contributed by atoms with Gasteiger partial charge in [-0.3, -0.25) is 4.79 Å². The Morgan fingerprint density at radius 1 is 1.09 bits per heavy atom. The molecule has 1 aliphatic rings. The van der Waals surface area contributed by atoms with E-state index in [1.54, 1.807) is 6.92 Å². The van der Waals surface area contributed by atoms with E-state index >= 15 is 0 Å². The van der Waals surface area contributed by atoms with E-state index in [4.69, 9.17) is 4.52 Å². The van der Waals surface area contributed by atoms with E-state index in [1.807, 2.05) is 11.8 Å². The SMILES string of the molecule is Cc1cccc(N2CCN(C(=O)c3c(C)noc3C)CC2)c1C. The van der Waals surface area contributed by atoms with Gasteiger partial charge in [0, 0.05) is 31.9 Å². The standard InChI is InChI=1S/C18H23N3O2/c1-12-6-5-7-16(13(12)2)20-8-10-21(11-9-20)18(22)17-14(3)19-23-15(17)4/h5-7H,8-11H2,1-4H3. The average molecular weight is 313 g/mol. The van der Waals surface area contributed by atoms with Crippen molar-refractivity contribution in [2.45, 2.75) is 27.7 Å². The van der Waals surface area contributed by atoms with Gasteiger partial charge in [0.05, 0.1) is 5.69 Å². The first kappa shape index (κ1) is 15.6. The molecule has 1 saturated heterocycles. The molecule has 0 unspecified atom stereocenters. The highest BCUT2D eigenvalue weighted by atomic mass is 16.5. The van der Waals surface area contributed by atoms with Gasteiger partial charge in [0.1, 0.15) is 11.3 Å². The highest BCUT2D eigenvalue weighted by molar-refractivity contribution is 5.96. The summed E-state index contributed by atoms with van der Waals surface area (Å²) in [7, 11) is 0. The van der Waals surface area contributed by atoms with Gasteiger partial charge < -0.3 is 14.3 Å². The lowest BCUT2D eigenvalue weighted by Crippen LogP contribution is -2.49. The molecule has 0 aliphatic carbocycles.